The van der Waals surface area contributed by atoms with Gasteiger partial charge in [0.15, 0.2) is 5.60 Å². The zero-order chi connectivity index (χ0) is 15.8. The molecule has 1 unspecified atom stereocenters. The van der Waals surface area contributed by atoms with Crippen molar-refractivity contribution < 1.29 is 24.2 Å². The number of hydrogen-bond acceptors (Lipinski definition) is 4. The number of carbonyl (C=O) groups excluding carboxylic acids is 1. The molecule has 0 spiro atoms. The van der Waals surface area contributed by atoms with Crippen LogP contribution in [-0.2, 0) is 4.79 Å². The Labute approximate surface area is 121 Å². The molecule has 2 rings (SSSR count). The fourth-order valence-electron chi connectivity index (χ4n) is 1.88. The molecule has 0 aliphatic carbocycles. The SMILES string of the molecule is Cc1cc2occ(C(=O)NCC(C)(O)C(=O)O)c2cc1C. The van der Waals surface area contributed by atoms with Crippen molar-refractivity contribution in [3.8, 4) is 0 Å². The predicted octanol–water partition coefficient (Wildman–Crippen LogP) is 1.62. The van der Waals surface area contributed by atoms with E-state index >= 15 is 0 Å². The summed E-state index contributed by atoms with van der Waals surface area (Å²) in [4.78, 5) is 22.9. The van der Waals surface area contributed by atoms with E-state index in [-0.39, 0.29) is 0 Å². The molecule has 0 radical (unpaired) electrons. The average Bonchev–Trinajstić information content (AvgIpc) is 2.79. The molecule has 112 valence electrons. The molecule has 1 heterocycles. The Kier molecular flexibility index (Phi) is 3.74. The van der Waals surface area contributed by atoms with Crippen LogP contribution in [0, 0.1) is 13.8 Å². The molecule has 1 aromatic heterocycles. The Morgan fingerprint density at radius 1 is 1.29 bits per heavy atom. The number of carboxylic acids is 1. The van der Waals surface area contributed by atoms with Crippen molar-refractivity contribution in [2.45, 2.75) is 26.4 Å². The van der Waals surface area contributed by atoms with Crippen LogP contribution in [0.15, 0.2) is 22.8 Å². The van der Waals surface area contributed by atoms with Crippen LogP contribution < -0.4 is 5.32 Å². The van der Waals surface area contributed by atoms with Crippen molar-refractivity contribution in [2.24, 2.45) is 0 Å². The third kappa shape index (κ3) is 2.90. The summed E-state index contributed by atoms with van der Waals surface area (Å²) in [6, 6.07) is 3.69. The average molecular weight is 291 g/mol. The number of rotatable bonds is 4. The van der Waals surface area contributed by atoms with Gasteiger partial charge in [-0.2, -0.15) is 0 Å². The smallest absolute Gasteiger partial charge is 0.337 e. The fraction of sp³-hybridized carbons (Fsp3) is 0.333. The van der Waals surface area contributed by atoms with Gasteiger partial charge in [0, 0.05) is 5.39 Å². The van der Waals surface area contributed by atoms with E-state index in [1.807, 2.05) is 26.0 Å². The third-order valence-corrected chi connectivity index (χ3v) is 3.49. The van der Waals surface area contributed by atoms with E-state index in [4.69, 9.17) is 9.52 Å². The molecule has 6 nitrogen and oxygen atoms in total. The van der Waals surface area contributed by atoms with Crippen molar-refractivity contribution >= 4 is 22.8 Å². The summed E-state index contributed by atoms with van der Waals surface area (Å²) in [5.41, 5.74) is 0.970. The lowest BCUT2D eigenvalue weighted by Gasteiger charge is -2.17. The van der Waals surface area contributed by atoms with Crippen molar-refractivity contribution in [3.63, 3.8) is 0 Å². The Hall–Kier alpha value is -2.34. The third-order valence-electron chi connectivity index (χ3n) is 3.49. The second-order valence-electron chi connectivity index (χ2n) is 5.34. The normalized spacial score (nSPS) is 13.9. The first kappa shape index (κ1) is 15.1. The standard InChI is InChI=1S/C15H17NO5/c1-8-4-10-11(6-21-12(10)5-9(8)2)13(17)16-7-15(3,20)14(18)19/h4-6,20H,7H2,1-3H3,(H,16,17)(H,18,19). The molecule has 3 N–H and O–H groups in total. The first-order chi connectivity index (χ1) is 9.72. The number of aliphatic carboxylic acids is 1. The maximum atomic E-state index is 12.1. The zero-order valence-corrected chi connectivity index (χ0v) is 12.1. The molecule has 1 aromatic carbocycles. The summed E-state index contributed by atoms with van der Waals surface area (Å²) in [5.74, 6) is -1.88. The minimum Gasteiger partial charge on any atom is -0.479 e. The molecule has 0 fully saturated rings. The number of nitrogens with one attached hydrogen (secondary N) is 1. The van der Waals surface area contributed by atoms with Crippen LogP contribution in [-0.4, -0.2) is 34.2 Å². The van der Waals surface area contributed by atoms with Crippen LogP contribution in [0.2, 0.25) is 0 Å². The van der Waals surface area contributed by atoms with Crippen molar-refractivity contribution in [1.29, 1.82) is 0 Å². The number of furan rings is 1. The number of hydrogen-bond donors (Lipinski definition) is 3. The second kappa shape index (κ2) is 5.21. The Morgan fingerprint density at radius 3 is 2.52 bits per heavy atom. The molecule has 21 heavy (non-hydrogen) atoms. The van der Waals surface area contributed by atoms with Gasteiger partial charge in [-0.3, -0.25) is 4.79 Å². The van der Waals surface area contributed by atoms with E-state index in [1.165, 1.54) is 6.26 Å². The molecule has 0 saturated heterocycles. The van der Waals surface area contributed by atoms with Crippen LogP contribution in [0.4, 0.5) is 0 Å². The minimum atomic E-state index is -2.01. The quantitative estimate of drug-likeness (QED) is 0.794. The summed E-state index contributed by atoms with van der Waals surface area (Å²) >= 11 is 0. The van der Waals surface area contributed by atoms with Gasteiger partial charge in [0.05, 0.1) is 12.1 Å². The van der Waals surface area contributed by atoms with Crippen molar-refractivity contribution in [3.05, 3.63) is 35.1 Å². The van der Waals surface area contributed by atoms with Gasteiger partial charge in [0.2, 0.25) is 0 Å². The summed E-state index contributed by atoms with van der Waals surface area (Å²) < 4.78 is 5.35. The molecule has 0 aliphatic heterocycles. The molecule has 0 aliphatic rings. The van der Waals surface area contributed by atoms with Crippen LogP contribution in [0.5, 0.6) is 0 Å². The zero-order valence-electron chi connectivity index (χ0n) is 12.1. The van der Waals surface area contributed by atoms with Gasteiger partial charge >= 0.3 is 5.97 Å². The van der Waals surface area contributed by atoms with E-state index in [2.05, 4.69) is 5.32 Å². The first-order valence-corrected chi connectivity index (χ1v) is 6.45. The highest BCUT2D eigenvalue weighted by Crippen LogP contribution is 2.24. The van der Waals surface area contributed by atoms with Gasteiger partial charge in [-0.05, 0) is 44.0 Å². The number of carbonyl (C=O) groups is 2. The lowest BCUT2D eigenvalue weighted by Crippen LogP contribution is -2.46. The van der Waals surface area contributed by atoms with Gasteiger partial charge in [-0.1, -0.05) is 0 Å². The van der Waals surface area contributed by atoms with Gasteiger partial charge < -0.3 is 19.9 Å². The van der Waals surface area contributed by atoms with E-state index in [9.17, 15) is 14.7 Å². The number of carboxylic acid groups (broad SMARTS) is 1. The largest absolute Gasteiger partial charge is 0.479 e. The monoisotopic (exact) mass is 291 g/mol. The van der Waals surface area contributed by atoms with Crippen LogP contribution in [0.1, 0.15) is 28.4 Å². The summed E-state index contributed by atoms with van der Waals surface area (Å²) in [5, 5.41) is 21.5. The number of benzene rings is 1. The van der Waals surface area contributed by atoms with E-state index in [0.29, 0.717) is 16.5 Å². The molecule has 1 atom stereocenters. The summed E-state index contributed by atoms with van der Waals surface area (Å²) in [6.45, 7) is 4.61. The van der Waals surface area contributed by atoms with Gasteiger partial charge in [0.1, 0.15) is 11.8 Å². The number of amides is 1. The maximum absolute atomic E-state index is 12.1. The Morgan fingerprint density at radius 2 is 1.90 bits per heavy atom. The highest BCUT2D eigenvalue weighted by molar-refractivity contribution is 6.06. The molecular weight excluding hydrogens is 274 g/mol. The van der Waals surface area contributed by atoms with Crippen LogP contribution >= 0.6 is 0 Å². The number of aryl methyl sites for hydroxylation is 2. The number of fused-ring (bicyclic) bond motifs is 1. The predicted molar refractivity (Wildman–Crippen MR) is 76.3 cm³/mol. The summed E-state index contributed by atoms with van der Waals surface area (Å²) in [6.07, 6.45) is 1.33. The highest BCUT2D eigenvalue weighted by atomic mass is 16.4. The van der Waals surface area contributed by atoms with E-state index < -0.39 is 24.0 Å². The maximum Gasteiger partial charge on any atom is 0.337 e. The molecule has 6 heteroatoms. The summed E-state index contributed by atoms with van der Waals surface area (Å²) in [7, 11) is 0. The lowest BCUT2D eigenvalue weighted by molar-refractivity contribution is -0.155. The van der Waals surface area contributed by atoms with Gasteiger partial charge in [-0.25, -0.2) is 4.79 Å². The van der Waals surface area contributed by atoms with Crippen LogP contribution in [0.3, 0.4) is 0 Å². The van der Waals surface area contributed by atoms with Gasteiger partial charge in [0.25, 0.3) is 5.91 Å². The van der Waals surface area contributed by atoms with Crippen molar-refractivity contribution in [2.75, 3.05) is 6.54 Å². The van der Waals surface area contributed by atoms with Crippen molar-refractivity contribution in [1.82, 2.24) is 5.32 Å². The lowest BCUT2D eigenvalue weighted by atomic mass is 10.0. The van der Waals surface area contributed by atoms with E-state index in [0.717, 1.165) is 18.1 Å². The highest BCUT2D eigenvalue weighted by Gasteiger charge is 2.30. The Balaban J connectivity index is 2.24. The second-order valence-corrected chi connectivity index (χ2v) is 5.34. The van der Waals surface area contributed by atoms with E-state index in [1.54, 1.807) is 0 Å². The molecule has 2 aromatic rings. The molecule has 0 bridgehead atoms. The minimum absolute atomic E-state index is 0.314. The van der Waals surface area contributed by atoms with Gasteiger partial charge in [-0.15, -0.1) is 0 Å². The molecular formula is C15H17NO5. The Bertz CT molecular complexity index is 714. The topological polar surface area (TPSA) is 99.8 Å². The van der Waals surface area contributed by atoms with Crippen LogP contribution in [0.25, 0.3) is 11.0 Å². The first-order valence-electron chi connectivity index (χ1n) is 6.45. The number of aliphatic hydroxyl groups is 1. The molecule has 0 saturated carbocycles. The fourth-order valence-corrected chi connectivity index (χ4v) is 1.88. The molecule has 1 amide bonds.